The van der Waals surface area contributed by atoms with Gasteiger partial charge in [-0.05, 0) is 22.6 Å². The van der Waals surface area contributed by atoms with Gasteiger partial charge in [0.1, 0.15) is 6.33 Å². The number of nitrogens with two attached hydrogens (primary N) is 1. The number of nitrogens with zero attached hydrogens (tertiary/aromatic N) is 4. The predicted molar refractivity (Wildman–Crippen MR) is 70.1 cm³/mol. The molecular weight excluding hydrogens is 260 g/mol. The van der Waals surface area contributed by atoms with Crippen LogP contribution in [0.3, 0.4) is 0 Å². The molecule has 2 atom stereocenters. The molecule has 20 heavy (non-hydrogen) atoms. The van der Waals surface area contributed by atoms with E-state index < -0.39 is 0 Å². The molecule has 0 aliphatic carbocycles. The zero-order chi connectivity index (χ0) is 13.9. The summed E-state index contributed by atoms with van der Waals surface area (Å²) in [4.78, 5) is 12.2. The number of tetrazole rings is 1. The van der Waals surface area contributed by atoms with E-state index >= 15 is 0 Å². The van der Waals surface area contributed by atoms with E-state index in [1.165, 1.54) is 11.0 Å². The second-order valence-corrected chi connectivity index (χ2v) is 4.57. The molecule has 0 saturated carbocycles. The second-order valence-electron chi connectivity index (χ2n) is 4.57. The molecule has 8 nitrogen and oxygen atoms in total. The zero-order valence-corrected chi connectivity index (χ0v) is 10.6. The molecule has 0 bridgehead atoms. The van der Waals surface area contributed by atoms with Crippen LogP contribution in [0.1, 0.15) is 0 Å². The fraction of sp³-hybridized carbons (Fsp3) is 0.333. The molecule has 2 heterocycles. The van der Waals surface area contributed by atoms with Crippen molar-refractivity contribution in [3.63, 3.8) is 0 Å². The van der Waals surface area contributed by atoms with Crippen LogP contribution < -0.4 is 11.1 Å². The van der Waals surface area contributed by atoms with Crippen LogP contribution in [0.15, 0.2) is 30.6 Å². The predicted octanol–water partition coefficient (Wildman–Crippen LogP) is -0.426. The minimum Gasteiger partial charge on any atom is -0.379 e. The Morgan fingerprint density at radius 1 is 1.40 bits per heavy atom. The maximum Gasteiger partial charge on any atom is 0.231 e. The molecule has 2 aromatic rings. The fourth-order valence-corrected chi connectivity index (χ4v) is 2.12. The highest BCUT2D eigenvalue weighted by atomic mass is 16.5. The number of ether oxygens (including phenoxy) is 1. The number of anilines is 1. The summed E-state index contributed by atoms with van der Waals surface area (Å²) in [5, 5.41) is 13.9. The number of para-hydroxylation sites is 2. The van der Waals surface area contributed by atoms with Crippen LogP contribution in [0.25, 0.3) is 5.69 Å². The lowest BCUT2D eigenvalue weighted by molar-refractivity contribution is -0.120. The summed E-state index contributed by atoms with van der Waals surface area (Å²) in [6.07, 6.45) is 1.47. The van der Waals surface area contributed by atoms with Crippen LogP contribution in [0, 0.1) is 5.92 Å². The first-order chi connectivity index (χ1) is 9.75. The summed E-state index contributed by atoms with van der Waals surface area (Å²) < 4.78 is 6.69. The number of hydrogen-bond acceptors (Lipinski definition) is 6. The molecule has 1 fully saturated rings. The third-order valence-electron chi connectivity index (χ3n) is 3.22. The SMILES string of the molecule is NC1COCC1C(=O)Nc1ccccc1-n1cnnn1. The molecule has 8 heteroatoms. The standard InChI is InChI=1S/C12H14N6O2/c13-9-6-20-5-8(9)12(19)15-10-3-1-2-4-11(10)18-7-14-16-17-18/h1-4,7-9H,5-6,13H2,(H,15,19). The van der Waals surface area contributed by atoms with Gasteiger partial charge in [0.05, 0.1) is 30.5 Å². The van der Waals surface area contributed by atoms with Crippen molar-refractivity contribution < 1.29 is 9.53 Å². The Labute approximate surface area is 114 Å². The van der Waals surface area contributed by atoms with Crippen molar-refractivity contribution in [2.45, 2.75) is 6.04 Å². The van der Waals surface area contributed by atoms with Crippen molar-refractivity contribution in [2.75, 3.05) is 18.5 Å². The normalized spacial score (nSPS) is 21.9. The van der Waals surface area contributed by atoms with Gasteiger partial charge in [-0.3, -0.25) is 4.79 Å². The first-order valence-electron chi connectivity index (χ1n) is 6.22. The third kappa shape index (κ3) is 2.38. The first-order valence-corrected chi connectivity index (χ1v) is 6.22. The summed E-state index contributed by atoms with van der Waals surface area (Å²) in [6.45, 7) is 0.757. The molecular formula is C12H14N6O2. The van der Waals surface area contributed by atoms with Gasteiger partial charge in [0, 0.05) is 6.04 Å². The molecule has 1 aromatic heterocycles. The maximum absolute atomic E-state index is 12.2. The molecule has 104 valence electrons. The lowest BCUT2D eigenvalue weighted by Gasteiger charge is -2.15. The van der Waals surface area contributed by atoms with Gasteiger partial charge in [-0.25, -0.2) is 0 Å². The molecule has 1 amide bonds. The highest BCUT2D eigenvalue weighted by molar-refractivity contribution is 5.95. The minimum atomic E-state index is -0.336. The van der Waals surface area contributed by atoms with Gasteiger partial charge < -0.3 is 15.8 Å². The Bertz CT molecular complexity index is 600. The average molecular weight is 274 g/mol. The molecule has 0 spiro atoms. The topological polar surface area (TPSA) is 108 Å². The first kappa shape index (κ1) is 12.7. The highest BCUT2D eigenvalue weighted by Gasteiger charge is 2.31. The van der Waals surface area contributed by atoms with E-state index in [1.807, 2.05) is 18.2 Å². The quantitative estimate of drug-likeness (QED) is 0.786. The number of carbonyl (C=O) groups excluding carboxylic acids is 1. The van der Waals surface area contributed by atoms with Crippen LogP contribution in [0.4, 0.5) is 5.69 Å². The van der Waals surface area contributed by atoms with Gasteiger partial charge >= 0.3 is 0 Å². The third-order valence-corrected chi connectivity index (χ3v) is 3.22. The van der Waals surface area contributed by atoms with Gasteiger partial charge in [-0.15, -0.1) is 5.10 Å². The largest absolute Gasteiger partial charge is 0.379 e. The second kappa shape index (κ2) is 5.35. The van der Waals surface area contributed by atoms with E-state index in [0.717, 1.165) is 0 Å². The van der Waals surface area contributed by atoms with Gasteiger partial charge in [-0.2, -0.15) is 4.68 Å². The minimum absolute atomic E-state index is 0.157. The molecule has 1 aromatic carbocycles. The number of benzene rings is 1. The Kier molecular flexibility index (Phi) is 3.40. The molecule has 2 unspecified atom stereocenters. The summed E-state index contributed by atoms with van der Waals surface area (Å²) in [5.74, 6) is -0.493. The maximum atomic E-state index is 12.2. The lowest BCUT2D eigenvalue weighted by atomic mass is 10.0. The number of hydrogen-bond donors (Lipinski definition) is 2. The Balaban J connectivity index is 1.83. The monoisotopic (exact) mass is 274 g/mol. The van der Waals surface area contributed by atoms with Crippen molar-refractivity contribution in [3.05, 3.63) is 30.6 Å². The van der Waals surface area contributed by atoms with Crippen molar-refractivity contribution >= 4 is 11.6 Å². The smallest absolute Gasteiger partial charge is 0.231 e. The van der Waals surface area contributed by atoms with Crippen LogP contribution in [-0.2, 0) is 9.53 Å². The van der Waals surface area contributed by atoms with Crippen LogP contribution in [-0.4, -0.2) is 45.4 Å². The summed E-state index contributed by atoms with van der Waals surface area (Å²) in [5.41, 5.74) is 7.16. The van der Waals surface area contributed by atoms with Gasteiger partial charge in [-0.1, -0.05) is 12.1 Å². The summed E-state index contributed by atoms with van der Waals surface area (Å²) in [6, 6.07) is 7.01. The zero-order valence-electron chi connectivity index (χ0n) is 10.6. The van der Waals surface area contributed by atoms with Gasteiger partial charge in [0.25, 0.3) is 0 Å². The Hall–Kier alpha value is -2.32. The lowest BCUT2D eigenvalue weighted by Crippen LogP contribution is -2.37. The van der Waals surface area contributed by atoms with Crippen molar-refractivity contribution in [3.8, 4) is 5.69 Å². The number of amides is 1. The number of carbonyl (C=O) groups is 1. The van der Waals surface area contributed by atoms with Gasteiger partial charge in [0.2, 0.25) is 5.91 Å². The van der Waals surface area contributed by atoms with E-state index in [2.05, 4.69) is 20.8 Å². The molecule has 3 N–H and O–H groups in total. The molecule has 3 rings (SSSR count). The van der Waals surface area contributed by atoms with E-state index in [0.29, 0.717) is 24.6 Å². The summed E-state index contributed by atoms with van der Waals surface area (Å²) >= 11 is 0. The van der Waals surface area contributed by atoms with Crippen molar-refractivity contribution in [1.82, 2.24) is 20.2 Å². The Morgan fingerprint density at radius 3 is 2.95 bits per heavy atom. The molecule has 1 aliphatic rings. The van der Waals surface area contributed by atoms with Crippen LogP contribution >= 0.6 is 0 Å². The molecule has 1 aliphatic heterocycles. The molecule has 1 saturated heterocycles. The van der Waals surface area contributed by atoms with Crippen LogP contribution in [0.2, 0.25) is 0 Å². The van der Waals surface area contributed by atoms with Crippen LogP contribution in [0.5, 0.6) is 0 Å². The number of nitrogens with one attached hydrogen (secondary N) is 1. The highest BCUT2D eigenvalue weighted by Crippen LogP contribution is 2.21. The fourth-order valence-electron chi connectivity index (χ4n) is 2.12. The number of rotatable bonds is 3. The average Bonchev–Trinajstić information content (AvgIpc) is 3.10. The van der Waals surface area contributed by atoms with E-state index in [1.54, 1.807) is 6.07 Å². The molecule has 0 radical (unpaired) electrons. The van der Waals surface area contributed by atoms with Crippen molar-refractivity contribution in [2.24, 2.45) is 11.7 Å². The van der Waals surface area contributed by atoms with E-state index in [4.69, 9.17) is 10.5 Å². The van der Waals surface area contributed by atoms with E-state index in [9.17, 15) is 4.79 Å². The Morgan fingerprint density at radius 2 is 2.25 bits per heavy atom. The summed E-state index contributed by atoms with van der Waals surface area (Å²) in [7, 11) is 0. The van der Waals surface area contributed by atoms with Gasteiger partial charge in [0.15, 0.2) is 0 Å². The number of aromatic nitrogens is 4. The van der Waals surface area contributed by atoms with Crippen molar-refractivity contribution in [1.29, 1.82) is 0 Å². The van der Waals surface area contributed by atoms with E-state index in [-0.39, 0.29) is 17.9 Å².